The summed E-state index contributed by atoms with van der Waals surface area (Å²) in [4.78, 5) is 2.20. The van der Waals surface area contributed by atoms with Crippen LogP contribution in [0.5, 0.6) is 5.75 Å². The lowest BCUT2D eigenvalue weighted by Crippen LogP contribution is -2.48. The average Bonchev–Trinajstić information content (AvgIpc) is 3.28. The van der Waals surface area contributed by atoms with Crippen LogP contribution in [0.2, 0.25) is 0 Å². The fraction of sp³-hybridized carbons (Fsp3) is 0.526. The smallest absolute Gasteiger partial charge is 0.212 e. The molecule has 1 N–H and O–H groups in total. The van der Waals surface area contributed by atoms with Gasteiger partial charge in [-0.2, -0.15) is 5.10 Å². The first-order valence-electron chi connectivity index (χ1n) is 9.47. The van der Waals surface area contributed by atoms with Gasteiger partial charge in [0.05, 0.1) is 24.2 Å². The van der Waals surface area contributed by atoms with Crippen molar-refractivity contribution >= 4 is 15.7 Å². The highest BCUT2D eigenvalue weighted by molar-refractivity contribution is 7.89. The summed E-state index contributed by atoms with van der Waals surface area (Å²) in [5, 5.41) is 4.21. The second-order valence-electron chi connectivity index (χ2n) is 7.38. The maximum Gasteiger partial charge on any atom is 0.212 e. The average molecular weight is 391 g/mol. The van der Waals surface area contributed by atoms with E-state index in [0.717, 1.165) is 42.8 Å². The Labute approximate surface area is 160 Å². The number of benzene rings is 1. The molecule has 4 rings (SSSR count). The van der Waals surface area contributed by atoms with Crippen molar-refractivity contribution in [3.8, 4) is 5.75 Å². The van der Waals surface area contributed by atoms with Crippen LogP contribution >= 0.6 is 0 Å². The fourth-order valence-electron chi connectivity index (χ4n) is 3.84. The van der Waals surface area contributed by atoms with Crippen molar-refractivity contribution in [3.63, 3.8) is 0 Å². The summed E-state index contributed by atoms with van der Waals surface area (Å²) >= 11 is 0. The fourth-order valence-corrected chi connectivity index (χ4v) is 5.16. The van der Waals surface area contributed by atoms with Crippen molar-refractivity contribution in [1.29, 1.82) is 0 Å². The lowest BCUT2D eigenvalue weighted by molar-refractivity contribution is 0.357. The molecule has 0 saturated carbocycles. The third-order valence-corrected chi connectivity index (χ3v) is 6.67. The standard InChI is InChI=1S/C19H26N4O3S/c1-22-14-18(12-20-22)23-8-2-3-17(13-23)21-27(24,25)10-7-15-4-5-19-16(11-15)6-9-26-19/h4-5,11-12,14,17,21H,2-3,6-10,13H2,1H3. The Morgan fingerprint density at radius 1 is 1.37 bits per heavy atom. The van der Waals surface area contributed by atoms with Crippen molar-refractivity contribution < 1.29 is 13.2 Å². The summed E-state index contributed by atoms with van der Waals surface area (Å²) < 4.78 is 35.3. The molecule has 1 saturated heterocycles. The number of nitrogens with one attached hydrogen (secondary N) is 1. The predicted octanol–water partition coefficient (Wildman–Crippen LogP) is 1.49. The van der Waals surface area contributed by atoms with Crippen LogP contribution in [0.4, 0.5) is 5.69 Å². The van der Waals surface area contributed by atoms with Gasteiger partial charge in [0.15, 0.2) is 0 Å². The lowest BCUT2D eigenvalue weighted by Gasteiger charge is -2.33. The van der Waals surface area contributed by atoms with Crippen LogP contribution in [0.3, 0.4) is 0 Å². The van der Waals surface area contributed by atoms with Crippen molar-refractivity contribution in [3.05, 3.63) is 41.7 Å². The second kappa shape index (κ2) is 7.52. The first-order valence-corrected chi connectivity index (χ1v) is 11.1. The summed E-state index contributed by atoms with van der Waals surface area (Å²) in [6, 6.07) is 5.93. The van der Waals surface area contributed by atoms with Gasteiger partial charge in [0.1, 0.15) is 5.75 Å². The van der Waals surface area contributed by atoms with Crippen molar-refractivity contribution in [2.75, 3.05) is 30.3 Å². The Balaban J connectivity index is 1.33. The first-order chi connectivity index (χ1) is 13.0. The molecular formula is C19H26N4O3S. The van der Waals surface area contributed by atoms with Gasteiger partial charge in [0, 0.05) is 38.8 Å². The van der Waals surface area contributed by atoms with E-state index < -0.39 is 10.0 Å². The zero-order valence-electron chi connectivity index (χ0n) is 15.6. The Morgan fingerprint density at radius 3 is 3.07 bits per heavy atom. The number of ether oxygens (including phenoxy) is 1. The number of fused-ring (bicyclic) bond motifs is 1. The zero-order chi connectivity index (χ0) is 18.9. The molecule has 0 radical (unpaired) electrons. The molecular weight excluding hydrogens is 364 g/mol. The second-order valence-corrected chi connectivity index (χ2v) is 9.26. The number of sulfonamides is 1. The summed E-state index contributed by atoms with van der Waals surface area (Å²) in [6.45, 7) is 2.33. The largest absolute Gasteiger partial charge is 0.493 e. The van der Waals surface area contributed by atoms with Crippen LogP contribution in [0.15, 0.2) is 30.6 Å². The Bertz CT molecular complexity index is 909. The van der Waals surface area contributed by atoms with E-state index >= 15 is 0 Å². The molecule has 7 nitrogen and oxygen atoms in total. The molecule has 3 heterocycles. The van der Waals surface area contributed by atoms with Crippen LogP contribution in [0, 0.1) is 0 Å². The molecule has 0 spiro atoms. The molecule has 1 aromatic heterocycles. The predicted molar refractivity (Wildman–Crippen MR) is 105 cm³/mol. The number of anilines is 1. The molecule has 27 heavy (non-hydrogen) atoms. The molecule has 1 fully saturated rings. The minimum Gasteiger partial charge on any atom is -0.493 e. The van der Waals surface area contributed by atoms with E-state index in [-0.39, 0.29) is 11.8 Å². The molecule has 8 heteroatoms. The van der Waals surface area contributed by atoms with Gasteiger partial charge in [0.25, 0.3) is 0 Å². The number of nitrogens with zero attached hydrogens (tertiary/aromatic N) is 3. The number of hydrogen-bond acceptors (Lipinski definition) is 5. The number of piperidine rings is 1. The Hall–Kier alpha value is -2.06. The van der Waals surface area contributed by atoms with Crippen LogP contribution in [-0.2, 0) is 29.9 Å². The van der Waals surface area contributed by atoms with Crippen LogP contribution in [0.1, 0.15) is 24.0 Å². The molecule has 2 aromatic rings. The number of hydrogen-bond donors (Lipinski definition) is 1. The van der Waals surface area contributed by atoms with Gasteiger partial charge in [-0.3, -0.25) is 4.68 Å². The summed E-state index contributed by atoms with van der Waals surface area (Å²) in [7, 11) is -1.43. The van der Waals surface area contributed by atoms with Crippen molar-refractivity contribution in [2.45, 2.75) is 31.7 Å². The SMILES string of the molecule is Cn1cc(N2CCCC(NS(=O)(=O)CCc3ccc4c(c3)CCO4)C2)cn1. The van der Waals surface area contributed by atoms with E-state index in [0.29, 0.717) is 19.6 Å². The highest BCUT2D eigenvalue weighted by Gasteiger charge is 2.25. The van der Waals surface area contributed by atoms with Crippen LogP contribution in [-0.4, -0.2) is 49.7 Å². The van der Waals surface area contributed by atoms with E-state index in [9.17, 15) is 8.42 Å². The molecule has 1 aromatic carbocycles. The van der Waals surface area contributed by atoms with Gasteiger partial charge in [-0.05, 0) is 36.5 Å². The first kappa shape index (κ1) is 18.3. The normalized spacial score (nSPS) is 19.7. The summed E-state index contributed by atoms with van der Waals surface area (Å²) in [5.41, 5.74) is 3.27. The molecule has 0 amide bonds. The zero-order valence-corrected chi connectivity index (χ0v) is 16.4. The highest BCUT2D eigenvalue weighted by atomic mass is 32.2. The van der Waals surface area contributed by atoms with Crippen LogP contribution < -0.4 is 14.4 Å². The Morgan fingerprint density at radius 2 is 2.26 bits per heavy atom. The monoisotopic (exact) mass is 390 g/mol. The summed E-state index contributed by atoms with van der Waals surface area (Å²) in [6.07, 6.45) is 7.05. The van der Waals surface area contributed by atoms with Gasteiger partial charge >= 0.3 is 0 Å². The minimum atomic E-state index is -3.32. The van der Waals surface area contributed by atoms with Gasteiger partial charge in [-0.15, -0.1) is 0 Å². The molecule has 1 unspecified atom stereocenters. The topological polar surface area (TPSA) is 76.5 Å². The summed E-state index contributed by atoms with van der Waals surface area (Å²) in [5.74, 6) is 1.04. The van der Waals surface area contributed by atoms with E-state index in [4.69, 9.17) is 4.74 Å². The lowest BCUT2D eigenvalue weighted by atomic mass is 10.1. The molecule has 2 aliphatic heterocycles. The van der Waals surface area contributed by atoms with Crippen LogP contribution in [0.25, 0.3) is 0 Å². The maximum atomic E-state index is 12.6. The third kappa shape index (κ3) is 4.44. The van der Waals surface area contributed by atoms with Gasteiger partial charge in [0.2, 0.25) is 10.0 Å². The van der Waals surface area contributed by atoms with E-state index in [1.807, 2.05) is 31.6 Å². The molecule has 146 valence electrons. The van der Waals surface area contributed by atoms with Crippen molar-refractivity contribution in [2.24, 2.45) is 7.05 Å². The number of aryl methyl sites for hydroxylation is 2. The van der Waals surface area contributed by atoms with Gasteiger partial charge in [-0.25, -0.2) is 13.1 Å². The number of aromatic nitrogens is 2. The molecule has 1 atom stereocenters. The minimum absolute atomic E-state index is 0.0580. The van der Waals surface area contributed by atoms with E-state index in [1.54, 1.807) is 4.68 Å². The maximum absolute atomic E-state index is 12.6. The van der Waals surface area contributed by atoms with Gasteiger partial charge < -0.3 is 9.64 Å². The van der Waals surface area contributed by atoms with Gasteiger partial charge in [-0.1, -0.05) is 12.1 Å². The highest BCUT2D eigenvalue weighted by Crippen LogP contribution is 2.26. The molecule has 0 bridgehead atoms. The third-order valence-electron chi connectivity index (χ3n) is 5.24. The van der Waals surface area contributed by atoms with E-state index in [2.05, 4.69) is 20.8 Å². The molecule has 2 aliphatic rings. The molecule has 0 aliphatic carbocycles. The van der Waals surface area contributed by atoms with Crippen molar-refractivity contribution in [1.82, 2.24) is 14.5 Å². The van der Waals surface area contributed by atoms with E-state index in [1.165, 1.54) is 5.56 Å². The quantitative estimate of drug-likeness (QED) is 0.809. The Kier molecular flexibility index (Phi) is 5.10. The number of rotatable bonds is 6.